The molecule has 0 aliphatic carbocycles. The third-order valence-corrected chi connectivity index (χ3v) is 9.41. The molecule has 0 unspecified atom stereocenters. The van der Waals surface area contributed by atoms with Crippen LogP contribution in [-0.4, -0.2) is 67.3 Å². The summed E-state index contributed by atoms with van der Waals surface area (Å²) in [5.74, 6) is -0.990. The number of carbonyl (C=O) groups excluding carboxylic acids is 2. The van der Waals surface area contributed by atoms with Crippen molar-refractivity contribution in [3.63, 3.8) is 0 Å². The third-order valence-electron chi connectivity index (χ3n) is 6.43. The van der Waals surface area contributed by atoms with E-state index < -0.39 is 21.8 Å². The summed E-state index contributed by atoms with van der Waals surface area (Å²) in [4.78, 5) is 28.7. The lowest BCUT2D eigenvalue weighted by atomic mass is 10.0. The van der Waals surface area contributed by atoms with Crippen LogP contribution in [0, 0.1) is 0 Å². The Bertz CT molecular complexity index is 1210. The van der Waals surface area contributed by atoms with Crippen molar-refractivity contribution in [1.82, 2.24) is 9.21 Å². The highest BCUT2D eigenvalue weighted by Crippen LogP contribution is 2.37. The van der Waals surface area contributed by atoms with Gasteiger partial charge >= 0.3 is 0 Å². The van der Waals surface area contributed by atoms with Gasteiger partial charge in [0.05, 0.1) is 22.7 Å². The van der Waals surface area contributed by atoms with Gasteiger partial charge in [0.25, 0.3) is 11.8 Å². The van der Waals surface area contributed by atoms with Crippen LogP contribution >= 0.6 is 11.3 Å². The fourth-order valence-electron chi connectivity index (χ4n) is 4.64. The molecular weight excluding hydrogens is 488 g/mol. The van der Waals surface area contributed by atoms with Crippen LogP contribution in [0.2, 0.25) is 0 Å². The number of hydrogen-bond acceptors (Lipinski definition) is 7. The zero-order valence-electron chi connectivity index (χ0n) is 20.4. The standard InChI is InChI=1S/C24H32N4O5S2/c1-14(2)27-10-9-19-20(13-27)34-24(21(19)22(25)29)26-23(30)17-5-7-18(8-6-17)35(31,32)28-11-15(3)33-16(4)12-28/h5-8,14-16H,9-13H2,1-4H3,(H2,25,29)(H,26,30)/t15-,16-/m1/s1. The van der Waals surface area contributed by atoms with Crippen LogP contribution in [0.25, 0.3) is 0 Å². The van der Waals surface area contributed by atoms with Crippen molar-refractivity contribution in [2.24, 2.45) is 5.73 Å². The van der Waals surface area contributed by atoms with Crippen LogP contribution in [0.1, 0.15) is 58.9 Å². The van der Waals surface area contributed by atoms with Crippen molar-refractivity contribution in [2.45, 2.75) is 63.8 Å². The van der Waals surface area contributed by atoms with Crippen LogP contribution in [0.3, 0.4) is 0 Å². The third kappa shape index (κ3) is 5.29. The van der Waals surface area contributed by atoms with Crippen LogP contribution < -0.4 is 11.1 Å². The number of morpholine rings is 1. The molecule has 4 rings (SSSR count). The summed E-state index contributed by atoms with van der Waals surface area (Å²) in [5.41, 5.74) is 7.24. The van der Waals surface area contributed by atoms with E-state index in [0.29, 0.717) is 35.1 Å². The fraction of sp³-hybridized carbons (Fsp3) is 0.500. The first-order valence-corrected chi connectivity index (χ1v) is 14.0. The van der Waals surface area contributed by atoms with Crippen LogP contribution in [0.5, 0.6) is 0 Å². The molecule has 1 fully saturated rings. The largest absolute Gasteiger partial charge is 0.373 e. The number of primary amides is 1. The van der Waals surface area contributed by atoms with Crippen molar-refractivity contribution in [3.05, 3.63) is 45.8 Å². The average molecular weight is 521 g/mol. The number of fused-ring (bicyclic) bond motifs is 1. The summed E-state index contributed by atoms with van der Waals surface area (Å²) in [7, 11) is -3.70. The Labute approximate surface area is 210 Å². The Balaban J connectivity index is 1.53. The SMILES string of the molecule is CC(C)N1CCc2c(sc(NC(=O)c3ccc(S(=O)(=O)N4C[C@@H](C)O[C@H](C)C4)cc3)c2C(N)=O)C1. The van der Waals surface area contributed by atoms with Gasteiger partial charge in [0.1, 0.15) is 5.00 Å². The van der Waals surface area contributed by atoms with Crippen molar-refractivity contribution in [3.8, 4) is 0 Å². The number of nitrogens with zero attached hydrogens (tertiary/aromatic N) is 2. The van der Waals surface area contributed by atoms with Gasteiger partial charge in [-0.15, -0.1) is 11.3 Å². The number of nitrogens with one attached hydrogen (secondary N) is 1. The number of nitrogens with two attached hydrogens (primary N) is 1. The van der Waals surface area contributed by atoms with Crippen molar-refractivity contribution >= 4 is 38.2 Å². The van der Waals surface area contributed by atoms with Crippen LogP contribution in [0.15, 0.2) is 29.2 Å². The highest BCUT2D eigenvalue weighted by atomic mass is 32.2. The molecule has 0 saturated carbocycles. The molecule has 2 aromatic rings. The molecule has 2 atom stereocenters. The first-order chi connectivity index (χ1) is 16.5. The summed E-state index contributed by atoms with van der Waals surface area (Å²) < 4.78 is 33.2. The molecule has 9 nitrogen and oxygen atoms in total. The lowest BCUT2D eigenvalue weighted by Crippen LogP contribution is -2.48. The Morgan fingerprint density at radius 1 is 1.14 bits per heavy atom. The molecule has 1 aromatic heterocycles. The van der Waals surface area contributed by atoms with Gasteiger partial charge in [-0.3, -0.25) is 14.5 Å². The Kier molecular flexibility index (Phi) is 7.35. The number of amides is 2. The second kappa shape index (κ2) is 9.98. The van der Waals surface area contributed by atoms with Gasteiger partial charge in [-0.2, -0.15) is 4.31 Å². The number of carbonyl (C=O) groups is 2. The smallest absolute Gasteiger partial charge is 0.256 e. The monoisotopic (exact) mass is 520 g/mol. The number of anilines is 1. The van der Waals surface area contributed by atoms with E-state index in [1.807, 2.05) is 13.8 Å². The Hall–Kier alpha value is -2.31. The van der Waals surface area contributed by atoms with E-state index in [1.54, 1.807) is 0 Å². The fourth-order valence-corrected chi connectivity index (χ4v) is 7.51. The minimum atomic E-state index is -3.70. The van der Waals surface area contributed by atoms with E-state index in [4.69, 9.17) is 10.5 Å². The molecule has 2 amide bonds. The molecule has 11 heteroatoms. The normalized spacial score (nSPS) is 21.6. The summed E-state index contributed by atoms with van der Waals surface area (Å²) in [6.07, 6.45) is 0.313. The molecule has 1 saturated heterocycles. The lowest BCUT2D eigenvalue weighted by Gasteiger charge is -2.34. The maximum Gasteiger partial charge on any atom is 0.256 e. The van der Waals surface area contributed by atoms with E-state index in [0.717, 1.165) is 17.0 Å². The topological polar surface area (TPSA) is 122 Å². The number of sulfonamides is 1. The minimum Gasteiger partial charge on any atom is -0.373 e. The number of hydrogen-bond donors (Lipinski definition) is 2. The quantitative estimate of drug-likeness (QED) is 0.604. The second-order valence-corrected chi connectivity index (χ2v) is 12.5. The van der Waals surface area contributed by atoms with E-state index in [9.17, 15) is 18.0 Å². The van der Waals surface area contributed by atoms with Gasteiger partial charge in [-0.05, 0) is 63.9 Å². The maximum atomic E-state index is 13.1. The predicted octanol–water partition coefficient (Wildman–Crippen LogP) is 2.66. The van der Waals surface area contributed by atoms with E-state index in [2.05, 4.69) is 24.1 Å². The van der Waals surface area contributed by atoms with Crippen molar-refractivity contribution in [2.75, 3.05) is 25.0 Å². The molecule has 2 aliphatic rings. The number of benzene rings is 1. The van der Waals surface area contributed by atoms with E-state index in [1.165, 1.54) is 39.9 Å². The molecular formula is C24H32N4O5S2. The Morgan fingerprint density at radius 3 is 2.34 bits per heavy atom. The first-order valence-electron chi connectivity index (χ1n) is 11.7. The van der Waals surface area contributed by atoms with Crippen LogP contribution in [0.4, 0.5) is 5.00 Å². The zero-order chi connectivity index (χ0) is 25.5. The molecule has 0 radical (unpaired) electrons. The molecule has 190 valence electrons. The molecule has 2 aliphatic heterocycles. The summed E-state index contributed by atoms with van der Waals surface area (Å²) >= 11 is 1.37. The molecule has 0 bridgehead atoms. The minimum absolute atomic E-state index is 0.119. The van der Waals surface area contributed by atoms with Crippen molar-refractivity contribution < 1.29 is 22.7 Å². The number of rotatable bonds is 6. The summed E-state index contributed by atoms with van der Waals surface area (Å²) in [6, 6.07) is 6.20. The van der Waals surface area contributed by atoms with Gasteiger partial charge in [0.2, 0.25) is 10.0 Å². The second-order valence-electron chi connectivity index (χ2n) is 9.44. The van der Waals surface area contributed by atoms with Crippen molar-refractivity contribution in [1.29, 1.82) is 0 Å². The predicted molar refractivity (Wildman–Crippen MR) is 135 cm³/mol. The van der Waals surface area contributed by atoms with Gasteiger partial charge < -0.3 is 15.8 Å². The molecule has 3 heterocycles. The summed E-state index contributed by atoms with van der Waals surface area (Å²) in [5, 5.41) is 3.26. The molecule has 1 aromatic carbocycles. The van der Waals surface area contributed by atoms with E-state index in [-0.39, 0.29) is 30.2 Å². The van der Waals surface area contributed by atoms with Crippen LogP contribution in [-0.2, 0) is 27.7 Å². The molecule has 0 spiro atoms. The van der Waals surface area contributed by atoms with Gasteiger partial charge in [-0.25, -0.2) is 8.42 Å². The van der Waals surface area contributed by atoms with Gasteiger partial charge in [0.15, 0.2) is 0 Å². The highest BCUT2D eigenvalue weighted by molar-refractivity contribution is 7.89. The van der Waals surface area contributed by atoms with Gasteiger partial charge in [-0.1, -0.05) is 0 Å². The lowest BCUT2D eigenvalue weighted by molar-refractivity contribution is -0.0440. The highest BCUT2D eigenvalue weighted by Gasteiger charge is 2.32. The maximum absolute atomic E-state index is 13.1. The molecule has 35 heavy (non-hydrogen) atoms. The first kappa shape index (κ1) is 25.8. The number of thiophene rings is 1. The average Bonchev–Trinajstić information content (AvgIpc) is 3.15. The molecule has 3 N–H and O–H groups in total. The van der Waals surface area contributed by atoms with E-state index >= 15 is 0 Å². The summed E-state index contributed by atoms with van der Waals surface area (Å²) in [6.45, 7) is 10.0. The Morgan fingerprint density at radius 2 is 1.77 bits per heavy atom. The zero-order valence-corrected chi connectivity index (χ0v) is 22.0. The van der Waals surface area contributed by atoms with Gasteiger partial charge in [0, 0.05) is 42.7 Å². The number of ether oxygens (including phenoxy) is 1.